The van der Waals surface area contributed by atoms with Gasteiger partial charge in [-0.05, 0) is 37.1 Å². The maximum Gasteiger partial charge on any atom is 0.124 e. The van der Waals surface area contributed by atoms with Gasteiger partial charge in [0, 0.05) is 10.5 Å². The van der Waals surface area contributed by atoms with Gasteiger partial charge in [0.1, 0.15) is 5.82 Å². The van der Waals surface area contributed by atoms with E-state index in [4.69, 9.17) is 0 Å². The lowest BCUT2D eigenvalue weighted by molar-refractivity contribution is 0.533. The minimum Gasteiger partial charge on any atom is -0.310 e. The maximum atomic E-state index is 13.0. The number of rotatable bonds is 6. The van der Waals surface area contributed by atoms with Gasteiger partial charge in [-0.25, -0.2) is 4.39 Å². The molecule has 0 aromatic heterocycles. The second-order valence-electron chi connectivity index (χ2n) is 3.70. The molecule has 0 aliphatic carbocycles. The molecule has 1 N–H and O–H groups in total. The van der Waals surface area contributed by atoms with E-state index in [2.05, 4.69) is 34.7 Å². The van der Waals surface area contributed by atoms with Gasteiger partial charge in [0.25, 0.3) is 0 Å². The van der Waals surface area contributed by atoms with Crippen molar-refractivity contribution in [3.63, 3.8) is 0 Å². The summed E-state index contributed by atoms with van der Waals surface area (Å²) in [6.45, 7) is 6.82. The number of benzene rings is 1. The molecule has 0 aliphatic rings. The van der Waals surface area contributed by atoms with Gasteiger partial charge in [-0.1, -0.05) is 35.0 Å². The van der Waals surface area contributed by atoms with Crippen LogP contribution >= 0.6 is 15.9 Å². The first kappa shape index (κ1) is 13.4. The van der Waals surface area contributed by atoms with Crippen molar-refractivity contribution >= 4 is 15.9 Å². The average Bonchev–Trinajstić information content (AvgIpc) is 2.25. The summed E-state index contributed by atoms with van der Waals surface area (Å²) in [4.78, 5) is 0. The van der Waals surface area contributed by atoms with Crippen LogP contribution in [0.15, 0.2) is 35.3 Å². The Balaban J connectivity index is 2.86. The number of hydrogen-bond acceptors (Lipinski definition) is 1. The predicted octanol–water partition coefficient (Wildman–Crippen LogP) is 4.21. The van der Waals surface area contributed by atoms with Gasteiger partial charge in [-0.2, -0.15) is 0 Å². The van der Waals surface area contributed by atoms with Crippen molar-refractivity contribution in [3.05, 3.63) is 46.7 Å². The Morgan fingerprint density at radius 3 is 2.88 bits per heavy atom. The summed E-state index contributed by atoms with van der Waals surface area (Å²) in [7, 11) is 0. The Morgan fingerprint density at radius 1 is 1.56 bits per heavy atom. The molecule has 0 spiro atoms. The third kappa shape index (κ3) is 3.72. The summed E-state index contributed by atoms with van der Waals surface area (Å²) in [5, 5.41) is 3.42. The molecule has 0 amide bonds. The van der Waals surface area contributed by atoms with Crippen LogP contribution in [0.2, 0.25) is 0 Å². The molecule has 0 saturated heterocycles. The Bertz CT molecular complexity index is 352. The van der Waals surface area contributed by atoms with E-state index in [0.717, 1.165) is 29.4 Å². The normalized spacial score (nSPS) is 12.4. The highest BCUT2D eigenvalue weighted by molar-refractivity contribution is 9.10. The third-order valence-corrected chi connectivity index (χ3v) is 3.07. The van der Waals surface area contributed by atoms with Gasteiger partial charge in [-0.15, -0.1) is 6.58 Å². The predicted molar refractivity (Wildman–Crippen MR) is 69.9 cm³/mol. The van der Waals surface area contributed by atoms with Crippen LogP contribution in [0.1, 0.15) is 31.4 Å². The van der Waals surface area contributed by atoms with Crippen LogP contribution in [0.3, 0.4) is 0 Å². The van der Waals surface area contributed by atoms with Crippen LogP contribution in [-0.2, 0) is 0 Å². The van der Waals surface area contributed by atoms with Crippen molar-refractivity contribution in [1.82, 2.24) is 5.32 Å². The summed E-state index contributed by atoms with van der Waals surface area (Å²) < 4.78 is 13.8. The highest BCUT2D eigenvalue weighted by Gasteiger charge is 2.12. The minimum atomic E-state index is -0.219. The van der Waals surface area contributed by atoms with Crippen molar-refractivity contribution in [2.75, 3.05) is 6.54 Å². The Morgan fingerprint density at radius 2 is 2.31 bits per heavy atom. The van der Waals surface area contributed by atoms with Gasteiger partial charge in [0.15, 0.2) is 0 Å². The monoisotopic (exact) mass is 285 g/mol. The van der Waals surface area contributed by atoms with E-state index in [1.54, 1.807) is 0 Å². The van der Waals surface area contributed by atoms with E-state index >= 15 is 0 Å². The summed E-state index contributed by atoms with van der Waals surface area (Å²) in [5.74, 6) is -0.219. The first-order valence-electron chi connectivity index (χ1n) is 5.48. The highest BCUT2D eigenvalue weighted by atomic mass is 79.9. The molecule has 1 atom stereocenters. The van der Waals surface area contributed by atoms with Crippen LogP contribution < -0.4 is 5.32 Å². The molecule has 0 bridgehead atoms. The van der Waals surface area contributed by atoms with Gasteiger partial charge in [-0.3, -0.25) is 0 Å². The molecule has 1 nitrogen and oxygen atoms in total. The Hall–Kier alpha value is -0.670. The lowest BCUT2D eigenvalue weighted by Gasteiger charge is -2.18. The molecule has 88 valence electrons. The van der Waals surface area contributed by atoms with E-state index in [1.807, 2.05) is 12.1 Å². The molecular formula is C13H17BrFN. The van der Waals surface area contributed by atoms with Crippen molar-refractivity contribution in [2.24, 2.45) is 0 Å². The quantitative estimate of drug-likeness (QED) is 0.773. The lowest BCUT2D eigenvalue weighted by atomic mass is 10.0. The smallest absolute Gasteiger partial charge is 0.124 e. The fraction of sp³-hybridized carbons (Fsp3) is 0.385. The molecule has 3 heteroatoms. The average molecular weight is 286 g/mol. The molecule has 1 unspecified atom stereocenters. The maximum absolute atomic E-state index is 13.0. The van der Waals surface area contributed by atoms with Crippen LogP contribution in [0, 0.1) is 5.82 Å². The summed E-state index contributed by atoms with van der Waals surface area (Å²) >= 11 is 3.40. The lowest BCUT2D eigenvalue weighted by Crippen LogP contribution is -2.22. The molecule has 0 radical (unpaired) electrons. The topological polar surface area (TPSA) is 12.0 Å². The molecule has 0 heterocycles. The number of hydrogen-bond donors (Lipinski definition) is 1. The fourth-order valence-corrected chi connectivity index (χ4v) is 2.22. The number of halogens is 2. The fourth-order valence-electron chi connectivity index (χ4n) is 1.59. The summed E-state index contributed by atoms with van der Waals surface area (Å²) in [5.41, 5.74) is 1.08. The van der Waals surface area contributed by atoms with Crippen LogP contribution in [-0.4, -0.2) is 6.54 Å². The molecule has 16 heavy (non-hydrogen) atoms. The van der Waals surface area contributed by atoms with Crippen molar-refractivity contribution in [3.8, 4) is 0 Å². The van der Waals surface area contributed by atoms with Gasteiger partial charge in [0.2, 0.25) is 0 Å². The Labute approximate surface area is 105 Å². The zero-order valence-electron chi connectivity index (χ0n) is 9.47. The standard InChI is InChI=1S/C13H17BrFN/c1-3-5-13(16-8-4-2)11-7-6-10(15)9-12(11)14/h3,6-7,9,13,16H,1,4-5,8H2,2H3. The van der Waals surface area contributed by atoms with Crippen molar-refractivity contribution in [2.45, 2.75) is 25.8 Å². The molecule has 1 aromatic rings. The molecule has 0 saturated carbocycles. The third-order valence-electron chi connectivity index (χ3n) is 2.38. The first-order chi connectivity index (χ1) is 7.69. The van der Waals surface area contributed by atoms with Crippen LogP contribution in [0.5, 0.6) is 0 Å². The summed E-state index contributed by atoms with van der Waals surface area (Å²) in [6, 6.07) is 5.01. The highest BCUT2D eigenvalue weighted by Crippen LogP contribution is 2.26. The first-order valence-corrected chi connectivity index (χ1v) is 6.27. The second-order valence-corrected chi connectivity index (χ2v) is 4.55. The van der Waals surface area contributed by atoms with Crippen LogP contribution in [0.25, 0.3) is 0 Å². The molecule has 0 fully saturated rings. The molecular weight excluding hydrogens is 269 g/mol. The zero-order valence-corrected chi connectivity index (χ0v) is 11.1. The minimum absolute atomic E-state index is 0.201. The molecule has 1 aromatic carbocycles. The molecule has 0 aliphatic heterocycles. The van der Waals surface area contributed by atoms with E-state index in [-0.39, 0.29) is 11.9 Å². The van der Waals surface area contributed by atoms with E-state index in [1.165, 1.54) is 12.1 Å². The van der Waals surface area contributed by atoms with Gasteiger partial charge >= 0.3 is 0 Å². The molecule has 1 rings (SSSR count). The zero-order chi connectivity index (χ0) is 12.0. The Kier molecular flexibility index (Phi) is 5.71. The van der Waals surface area contributed by atoms with Crippen molar-refractivity contribution in [1.29, 1.82) is 0 Å². The van der Waals surface area contributed by atoms with E-state index in [0.29, 0.717) is 0 Å². The van der Waals surface area contributed by atoms with Crippen molar-refractivity contribution < 1.29 is 4.39 Å². The SMILES string of the molecule is C=CCC(NCCC)c1ccc(F)cc1Br. The van der Waals surface area contributed by atoms with Gasteiger partial charge in [0.05, 0.1) is 0 Å². The van der Waals surface area contributed by atoms with E-state index in [9.17, 15) is 4.39 Å². The summed E-state index contributed by atoms with van der Waals surface area (Å²) in [6.07, 6.45) is 3.79. The second kappa shape index (κ2) is 6.81. The number of nitrogens with one attached hydrogen (secondary N) is 1. The van der Waals surface area contributed by atoms with Crippen LogP contribution in [0.4, 0.5) is 4.39 Å². The van der Waals surface area contributed by atoms with Gasteiger partial charge < -0.3 is 5.32 Å². The van der Waals surface area contributed by atoms with E-state index < -0.39 is 0 Å². The largest absolute Gasteiger partial charge is 0.310 e.